The van der Waals surface area contributed by atoms with Gasteiger partial charge in [0.25, 0.3) is 0 Å². The minimum absolute atomic E-state index is 0.116. The molecule has 0 radical (unpaired) electrons. The van der Waals surface area contributed by atoms with Crippen molar-refractivity contribution in [3.8, 4) is 0 Å². The summed E-state index contributed by atoms with van der Waals surface area (Å²) in [5.41, 5.74) is 1.75. The number of piperazine rings is 1. The van der Waals surface area contributed by atoms with Crippen molar-refractivity contribution in [2.75, 3.05) is 37.6 Å². The lowest BCUT2D eigenvalue weighted by Crippen LogP contribution is -2.47. The molecule has 0 spiro atoms. The van der Waals surface area contributed by atoms with Crippen LogP contribution in [0.5, 0.6) is 0 Å². The highest BCUT2D eigenvalue weighted by Crippen LogP contribution is 2.28. The fourth-order valence-corrected chi connectivity index (χ4v) is 5.20. The second-order valence-corrected chi connectivity index (χ2v) is 9.24. The van der Waals surface area contributed by atoms with E-state index in [4.69, 9.17) is 0 Å². The number of halogens is 1. The number of hydrogen-bond donors (Lipinski definition) is 1. The lowest BCUT2D eigenvalue weighted by molar-refractivity contribution is -0.118. The zero-order chi connectivity index (χ0) is 20.8. The van der Waals surface area contributed by atoms with Gasteiger partial charge < -0.3 is 10.2 Å². The maximum atomic E-state index is 14.0. The summed E-state index contributed by atoms with van der Waals surface area (Å²) in [5, 5.41) is 3.29. The molecule has 1 saturated carbocycles. The van der Waals surface area contributed by atoms with E-state index in [0.717, 1.165) is 82.0 Å². The second kappa shape index (κ2) is 10.4. The molecule has 1 N–H and O–H groups in total. The number of benzene rings is 1. The van der Waals surface area contributed by atoms with Crippen molar-refractivity contribution in [3.63, 3.8) is 0 Å². The summed E-state index contributed by atoms with van der Waals surface area (Å²) in [7, 11) is 0. The van der Waals surface area contributed by atoms with Gasteiger partial charge in [0.15, 0.2) is 0 Å². The molecule has 1 aliphatic heterocycles. The summed E-state index contributed by atoms with van der Waals surface area (Å²) >= 11 is 0. The van der Waals surface area contributed by atoms with Crippen LogP contribution in [0.15, 0.2) is 35.9 Å². The molecule has 4 nitrogen and oxygen atoms in total. The van der Waals surface area contributed by atoms with Crippen LogP contribution in [-0.2, 0) is 4.79 Å². The minimum atomic E-state index is -0.116. The summed E-state index contributed by atoms with van der Waals surface area (Å²) in [6, 6.07) is 7.46. The van der Waals surface area contributed by atoms with Crippen molar-refractivity contribution >= 4 is 11.6 Å². The lowest BCUT2D eigenvalue weighted by Gasteiger charge is -2.37. The molecule has 0 bridgehead atoms. The van der Waals surface area contributed by atoms with Gasteiger partial charge in [0.1, 0.15) is 5.82 Å². The first-order valence-corrected chi connectivity index (χ1v) is 11.9. The van der Waals surface area contributed by atoms with E-state index < -0.39 is 0 Å². The number of para-hydroxylation sites is 1. The molecule has 30 heavy (non-hydrogen) atoms. The number of anilines is 1. The first-order chi connectivity index (χ1) is 14.7. The molecule has 1 heterocycles. The number of allylic oxidation sites excluding steroid dienone is 1. The topological polar surface area (TPSA) is 35.6 Å². The quantitative estimate of drug-likeness (QED) is 0.745. The Balaban J connectivity index is 1.13. The third-order valence-corrected chi connectivity index (χ3v) is 7.18. The minimum Gasteiger partial charge on any atom is -0.367 e. The number of amides is 1. The number of nitrogens with one attached hydrogen (secondary N) is 1. The van der Waals surface area contributed by atoms with Gasteiger partial charge in [0, 0.05) is 37.8 Å². The molecule has 4 rings (SSSR count). The molecule has 0 aromatic heterocycles. The smallest absolute Gasteiger partial charge is 0.247 e. The SMILES string of the molecule is O=C(N[C@H]1CC[C@H](CCN2CCN(c3ccccc3F)CC2)CC1)C1=CCCCC1. The summed E-state index contributed by atoms with van der Waals surface area (Å²) < 4.78 is 14.0. The zero-order valence-corrected chi connectivity index (χ0v) is 18.1. The molecule has 1 saturated heterocycles. The van der Waals surface area contributed by atoms with E-state index in [9.17, 15) is 9.18 Å². The molecule has 1 aromatic carbocycles. The van der Waals surface area contributed by atoms with Crippen LogP contribution in [0.2, 0.25) is 0 Å². The van der Waals surface area contributed by atoms with Crippen LogP contribution in [0.4, 0.5) is 10.1 Å². The van der Waals surface area contributed by atoms with Gasteiger partial charge in [-0.25, -0.2) is 4.39 Å². The van der Waals surface area contributed by atoms with Crippen molar-refractivity contribution < 1.29 is 9.18 Å². The third-order valence-electron chi connectivity index (χ3n) is 7.18. The monoisotopic (exact) mass is 413 g/mol. The van der Waals surface area contributed by atoms with E-state index in [2.05, 4.69) is 21.2 Å². The summed E-state index contributed by atoms with van der Waals surface area (Å²) in [6.07, 6.45) is 12.4. The predicted molar refractivity (Wildman–Crippen MR) is 120 cm³/mol. The van der Waals surface area contributed by atoms with Crippen LogP contribution in [0.25, 0.3) is 0 Å². The highest BCUT2D eigenvalue weighted by molar-refractivity contribution is 5.93. The van der Waals surface area contributed by atoms with Gasteiger partial charge >= 0.3 is 0 Å². The van der Waals surface area contributed by atoms with E-state index in [-0.39, 0.29) is 11.7 Å². The van der Waals surface area contributed by atoms with Crippen molar-refractivity contribution in [1.82, 2.24) is 10.2 Å². The Morgan fingerprint density at radius 1 is 1.03 bits per heavy atom. The number of carbonyl (C=O) groups excluding carboxylic acids is 1. The Labute approximate surface area is 180 Å². The highest BCUT2D eigenvalue weighted by atomic mass is 19.1. The first-order valence-electron chi connectivity index (χ1n) is 11.9. The van der Waals surface area contributed by atoms with Crippen molar-refractivity contribution in [3.05, 3.63) is 41.7 Å². The molecule has 2 fully saturated rings. The van der Waals surface area contributed by atoms with E-state index in [1.54, 1.807) is 12.1 Å². The second-order valence-electron chi connectivity index (χ2n) is 9.24. The number of nitrogens with zero attached hydrogens (tertiary/aromatic N) is 2. The van der Waals surface area contributed by atoms with Crippen LogP contribution >= 0.6 is 0 Å². The van der Waals surface area contributed by atoms with E-state index >= 15 is 0 Å². The molecule has 2 aliphatic carbocycles. The van der Waals surface area contributed by atoms with Gasteiger partial charge in [-0.15, -0.1) is 0 Å². The molecule has 0 atom stereocenters. The van der Waals surface area contributed by atoms with Gasteiger partial charge in [-0.1, -0.05) is 18.2 Å². The van der Waals surface area contributed by atoms with E-state index in [1.165, 1.54) is 25.7 Å². The maximum absolute atomic E-state index is 14.0. The van der Waals surface area contributed by atoms with Crippen molar-refractivity contribution in [1.29, 1.82) is 0 Å². The molecule has 0 unspecified atom stereocenters. The van der Waals surface area contributed by atoms with Gasteiger partial charge in [-0.05, 0) is 82.4 Å². The van der Waals surface area contributed by atoms with E-state index in [1.807, 2.05) is 12.1 Å². The van der Waals surface area contributed by atoms with Crippen molar-refractivity contribution in [2.45, 2.75) is 63.8 Å². The zero-order valence-electron chi connectivity index (χ0n) is 18.1. The van der Waals surface area contributed by atoms with Crippen LogP contribution in [0.1, 0.15) is 57.8 Å². The van der Waals surface area contributed by atoms with Crippen molar-refractivity contribution in [2.24, 2.45) is 5.92 Å². The number of carbonyl (C=O) groups is 1. The maximum Gasteiger partial charge on any atom is 0.247 e. The normalized spacial score (nSPS) is 25.6. The Hall–Kier alpha value is -1.88. The van der Waals surface area contributed by atoms with Crippen LogP contribution in [-0.4, -0.2) is 49.6 Å². The molecule has 164 valence electrons. The lowest BCUT2D eigenvalue weighted by atomic mass is 9.83. The first kappa shape index (κ1) is 21.4. The number of rotatable bonds is 6. The largest absolute Gasteiger partial charge is 0.367 e. The molecule has 3 aliphatic rings. The standard InChI is InChI=1S/C25H36FN3O/c26-23-8-4-5-9-24(23)29-18-16-28(17-19-29)15-14-20-10-12-22(13-11-20)27-25(30)21-6-2-1-3-7-21/h4-6,8-9,20,22H,1-3,7,10-19H2,(H,27,30)/t20-,22-. The fourth-order valence-electron chi connectivity index (χ4n) is 5.20. The molecule has 1 aromatic rings. The summed E-state index contributed by atoms with van der Waals surface area (Å²) in [4.78, 5) is 17.1. The Morgan fingerprint density at radius 3 is 2.50 bits per heavy atom. The van der Waals surface area contributed by atoms with Gasteiger partial charge in [0.2, 0.25) is 5.91 Å². The molecular formula is C25H36FN3O. The predicted octanol–water partition coefficient (Wildman–Crippen LogP) is 4.51. The highest BCUT2D eigenvalue weighted by Gasteiger charge is 2.25. The van der Waals surface area contributed by atoms with Gasteiger partial charge in [-0.3, -0.25) is 9.69 Å². The molecule has 1 amide bonds. The third kappa shape index (κ3) is 5.63. The Bertz CT molecular complexity index is 734. The van der Waals surface area contributed by atoms with Crippen LogP contribution in [0, 0.1) is 11.7 Å². The molecule has 5 heteroatoms. The summed E-state index contributed by atoms with van der Waals surface area (Å²) in [6.45, 7) is 4.95. The van der Waals surface area contributed by atoms with Crippen LogP contribution < -0.4 is 10.2 Å². The van der Waals surface area contributed by atoms with Gasteiger partial charge in [-0.2, -0.15) is 0 Å². The number of hydrogen-bond acceptors (Lipinski definition) is 3. The molecular weight excluding hydrogens is 377 g/mol. The fraction of sp³-hybridized carbons (Fsp3) is 0.640. The van der Waals surface area contributed by atoms with Crippen LogP contribution in [0.3, 0.4) is 0 Å². The van der Waals surface area contributed by atoms with Gasteiger partial charge in [0.05, 0.1) is 5.69 Å². The average molecular weight is 414 g/mol. The Morgan fingerprint density at radius 2 is 1.80 bits per heavy atom. The Kier molecular flexibility index (Phi) is 7.42. The van der Waals surface area contributed by atoms with E-state index in [0.29, 0.717) is 6.04 Å². The average Bonchev–Trinajstić information content (AvgIpc) is 2.80. The summed E-state index contributed by atoms with van der Waals surface area (Å²) in [5.74, 6) is 0.845.